The summed E-state index contributed by atoms with van der Waals surface area (Å²) >= 11 is 12.0. The average Bonchev–Trinajstić information content (AvgIpc) is 2.78. The number of imide groups is 2. The van der Waals surface area contributed by atoms with E-state index in [-0.39, 0.29) is 12.2 Å². The first-order valence-electron chi connectivity index (χ1n) is 9.97. The number of ether oxygens (including phenoxy) is 1. The van der Waals surface area contributed by atoms with Gasteiger partial charge in [0.25, 0.3) is 11.8 Å². The second-order valence-electron chi connectivity index (χ2n) is 7.37. The van der Waals surface area contributed by atoms with Crippen LogP contribution in [0, 0.1) is 6.92 Å². The zero-order chi connectivity index (χ0) is 23.5. The van der Waals surface area contributed by atoms with Crippen LogP contribution in [0.2, 0.25) is 10.0 Å². The first-order chi connectivity index (χ1) is 15.8. The number of hydrogen-bond donors (Lipinski definition) is 1. The van der Waals surface area contributed by atoms with Gasteiger partial charge < -0.3 is 4.74 Å². The molecule has 1 aliphatic rings. The number of para-hydroxylation sites is 1. The van der Waals surface area contributed by atoms with Crippen LogP contribution in [0.3, 0.4) is 0 Å². The van der Waals surface area contributed by atoms with Crippen LogP contribution in [0.1, 0.15) is 16.7 Å². The third-order valence-electron chi connectivity index (χ3n) is 4.96. The van der Waals surface area contributed by atoms with Crippen LogP contribution >= 0.6 is 23.2 Å². The Morgan fingerprint density at radius 2 is 1.73 bits per heavy atom. The number of amides is 4. The molecule has 0 unspecified atom stereocenters. The maximum atomic E-state index is 13.1. The van der Waals surface area contributed by atoms with Crippen molar-refractivity contribution in [1.82, 2.24) is 5.32 Å². The number of benzene rings is 3. The first kappa shape index (κ1) is 22.6. The first-order valence-corrected chi connectivity index (χ1v) is 10.7. The molecule has 1 saturated heterocycles. The summed E-state index contributed by atoms with van der Waals surface area (Å²) in [6.45, 7) is 2.05. The molecule has 0 radical (unpaired) electrons. The maximum absolute atomic E-state index is 13.1. The number of anilines is 1. The monoisotopic (exact) mass is 480 g/mol. The van der Waals surface area contributed by atoms with Gasteiger partial charge in [-0.05, 0) is 54.5 Å². The van der Waals surface area contributed by atoms with E-state index in [2.05, 4.69) is 5.32 Å². The topological polar surface area (TPSA) is 75.7 Å². The number of halogens is 2. The van der Waals surface area contributed by atoms with Crippen LogP contribution < -0.4 is 15.0 Å². The summed E-state index contributed by atoms with van der Waals surface area (Å²) in [5, 5.41) is 3.09. The number of aryl methyl sites for hydroxylation is 1. The van der Waals surface area contributed by atoms with E-state index in [4.69, 9.17) is 27.9 Å². The highest BCUT2D eigenvalue weighted by atomic mass is 35.5. The molecule has 8 heteroatoms. The molecule has 33 heavy (non-hydrogen) atoms. The summed E-state index contributed by atoms with van der Waals surface area (Å²) < 4.78 is 5.91. The van der Waals surface area contributed by atoms with E-state index < -0.39 is 17.8 Å². The van der Waals surface area contributed by atoms with Crippen LogP contribution in [0.4, 0.5) is 10.5 Å². The summed E-state index contributed by atoms with van der Waals surface area (Å²) in [5.41, 5.74) is 2.38. The Morgan fingerprint density at radius 1 is 0.939 bits per heavy atom. The van der Waals surface area contributed by atoms with Crippen molar-refractivity contribution in [3.63, 3.8) is 0 Å². The lowest BCUT2D eigenvalue weighted by Gasteiger charge is -2.26. The summed E-state index contributed by atoms with van der Waals surface area (Å²) in [4.78, 5) is 39.0. The molecular formula is C25H18Cl2N2O4. The molecule has 0 aliphatic carbocycles. The Morgan fingerprint density at radius 3 is 2.48 bits per heavy atom. The number of carbonyl (C=O) groups excluding carboxylic acids is 3. The van der Waals surface area contributed by atoms with Gasteiger partial charge in [-0.2, -0.15) is 0 Å². The molecule has 6 nitrogen and oxygen atoms in total. The minimum Gasteiger partial charge on any atom is -0.488 e. The molecule has 3 aromatic rings. The van der Waals surface area contributed by atoms with Gasteiger partial charge in [-0.3, -0.25) is 14.9 Å². The number of nitrogens with one attached hydrogen (secondary N) is 1. The van der Waals surface area contributed by atoms with Gasteiger partial charge in [-0.25, -0.2) is 9.69 Å². The van der Waals surface area contributed by atoms with Gasteiger partial charge in [0, 0.05) is 5.56 Å². The smallest absolute Gasteiger partial charge is 0.335 e. The van der Waals surface area contributed by atoms with Crippen molar-refractivity contribution >= 4 is 52.8 Å². The second-order valence-corrected chi connectivity index (χ2v) is 8.19. The van der Waals surface area contributed by atoms with Crippen molar-refractivity contribution in [3.05, 3.63) is 99.0 Å². The lowest BCUT2D eigenvalue weighted by molar-refractivity contribution is -0.122. The van der Waals surface area contributed by atoms with E-state index >= 15 is 0 Å². The standard InChI is InChI=1S/C25H18Cl2N2O4/c1-15-5-4-7-18(11-15)29-24(31)19(23(30)28-25(29)32)13-17-6-2-3-8-22(17)33-14-16-9-10-20(26)21(27)12-16/h2-13H,14H2,1H3,(H,28,30,32)/b19-13+. The van der Waals surface area contributed by atoms with Gasteiger partial charge in [0.2, 0.25) is 0 Å². The average molecular weight is 481 g/mol. The Bertz CT molecular complexity index is 1300. The Kier molecular flexibility index (Phi) is 6.49. The summed E-state index contributed by atoms with van der Waals surface area (Å²) in [7, 11) is 0. The summed E-state index contributed by atoms with van der Waals surface area (Å²) in [6.07, 6.45) is 1.41. The fraction of sp³-hybridized carbons (Fsp3) is 0.0800. The third-order valence-corrected chi connectivity index (χ3v) is 5.70. The number of urea groups is 1. The molecule has 1 heterocycles. The molecule has 0 bridgehead atoms. The number of nitrogens with zero attached hydrogens (tertiary/aromatic N) is 1. The molecule has 0 atom stereocenters. The highest BCUT2D eigenvalue weighted by Gasteiger charge is 2.37. The van der Waals surface area contributed by atoms with Crippen LogP contribution in [0.5, 0.6) is 5.75 Å². The zero-order valence-electron chi connectivity index (χ0n) is 17.5. The Balaban J connectivity index is 1.63. The van der Waals surface area contributed by atoms with Crippen molar-refractivity contribution in [2.75, 3.05) is 4.90 Å². The quantitative estimate of drug-likeness (QED) is 0.383. The fourth-order valence-electron chi connectivity index (χ4n) is 3.34. The molecule has 0 spiro atoms. The predicted octanol–water partition coefficient (Wildman–Crippen LogP) is 5.55. The molecule has 1 N–H and O–H groups in total. The van der Waals surface area contributed by atoms with Gasteiger partial charge in [-0.1, -0.05) is 59.6 Å². The van der Waals surface area contributed by atoms with E-state index in [1.165, 1.54) is 6.08 Å². The van der Waals surface area contributed by atoms with Crippen LogP contribution in [0.15, 0.2) is 72.3 Å². The zero-order valence-corrected chi connectivity index (χ0v) is 19.0. The van der Waals surface area contributed by atoms with E-state index in [0.29, 0.717) is 27.0 Å². The molecule has 166 valence electrons. The molecule has 1 aliphatic heterocycles. The van der Waals surface area contributed by atoms with E-state index in [1.807, 2.05) is 13.0 Å². The van der Waals surface area contributed by atoms with E-state index in [9.17, 15) is 14.4 Å². The van der Waals surface area contributed by atoms with Crippen molar-refractivity contribution in [1.29, 1.82) is 0 Å². The van der Waals surface area contributed by atoms with E-state index in [0.717, 1.165) is 16.0 Å². The van der Waals surface area contributed by atoms with Gasteiger partial charge in [-0.15, -0.1) is 0 Å². The fourth-order valence-corrected chi connectivity index (χ4v) is 3.66. The van der Waals surface area contributed by atoms with Gasteiger partial charge >= 0.3 is 6.03 Å². The number of rotatable bonds is 5. The van der Waals surface area contributed by atoms with Crippen molar-refractivity contribution in [3.8, 4) is 5.75 Å². The predicted molar refractivity (Wildman–Crippen MR) is 127 cm³/mol. The SMILES string of the molecule is Cc1cccc(N2C(=O)NC(=O)/C(=C\c3ccccc3OCc3ccc(Cl)c(Cl)c3)C2=O)c1. The Labute approximate surface area is 200 Å². The molecule has 4 amide bonds. The second kappa shape index (κ2) is 9.48. The molecule has 3 aromatic carbocycles. The van der Waals surface area contributed by atoms with Gasteiger partial charge in [0.05, 0.1) is 15.7 Å². The minimum absolute atomic E-state index is 0.179. The lowest BCUT2D eigenvalue weighted by atomic mass is 10.1. The van der Waals surface area contributed by atoms with Crippen molar-refractivity contribution < 1.29 is 19.1 Å². The third kappa shape index (κ3) is 4.92. The Hall–Kier alpha value is -3.61. The number of carbonyl (C=O) groups is 3. The van der Waals surface area contributed by atoms with Gasteiger partial charge in [0.15, 0.2) is 0 Å². The molecule has 1 fully saturated rings. The highest BCUT2D eigenvalue weighted by molar-refractivity contribution is 6.42. The largest absolute Gasteiger partial charge is 0.488 e. The van der Waals surface area contributed by atoms with Crippen molar-refractivity contribution in [2.24, 2.45) is 0 Å². The minimum atomic E-state index is -0.795. The normalized spacial score (nSPS) is 15.1. The highest BCUT2D eigenvalue weighted by Crippen LogP contribution is 2.27. The van der Waals surface area contributed by atoms with Crippen LogP contribution in [-0.2, 0) is 16.2 Å². The summed E-state index contributed by atoms with van der Waals surface area (Å²) in [6, 6.07) is 18.2. The van der Waals surface area contributed by atoms with Gasteiger partial charge in [0.1, 0.15) is 17.9 Å². The lowest BCUT2D eigenvalue weighted by Crippen LogP contribution is -2.54. The molecule has 0 aromatic heterocycles. The number of hydrogen-bond acceptors (Lipinski definition) is 4. The van der Waals surface area contributed by atoms with Crippen LogP contribution in [-0.4, -0.2) is 17.8 Å². The van der Waals surface area contributed by atoms with Crippen molar-refractivity contribution in [2.45, 2.75) is 13.5 Å². The molecule has 4 rings (SSSR count). The summed E-state index contributed by atoms with van der Waals surface area (Å²) in [5.74, 6) is -1.03. The molecular weight excluding hydrogens is 463 g/mol. The van der Waals surface area contributed by atoms with Crippen LogP contribution in [0.25, 0.3) is 6.08 Å². The maximum Gasteiger partial charge on any atom is 0.335 e. The molecule has 0 saturated carbocycles. The van der Waals surface area contributed by atoms with E-state index in [1.54, 1.807) is 60.7 Å². The number of barbiturate groups is 1.